The van der Waals surface area contributed by atoms with Crippen LogP contribution in [-0.2, 0) is 4.79 Å². The lowest BCUT2D eigenvalue weighted by Gasteiger charge is -2.24. The number of amides is 2. The van der Waals surface area contributed by atoms with Crippen molar-refractivity contribution in [3.8, 4) is 5.75 Å². The maximum Gasteiger partial charge on any atom is 0.287 e. The highest BCUT2D eigenvalue weighted by molar-refractivity contribution is 5.95. The molecule has 1 heterocycles. The Morgan fingerprint density at radius 2 is 1.76 bits per heavy atom. The van der Waals surface area contributed by atoms with Crippen molar-refractivity contribution >= 4 is 11.8 Å². The lowest BCUT2D eigenvalue weighted by atomic mass is 10.0. The van der Waals surface area contributed by atoms with Crippen molar-refractivity contribution in [3.63, 3.8) is 0 Å². The van der Waals surface area contributed by atoms with Crippen LogP contribution in [0.2, 0.25) is 0 Å². The van der Waals surface area contributed by atoms with E-state index in [0.717, 1.165) is 5.56 Å². The van der Waals surface area contributed by atoms with E-state index < -0.39 is 11.9 Å². The first-order chi connectivity index (χ1) is 11.9. The lowest BCUT2D eigenvalue weighted by Crippen LogP contribution is -2.50. The van der Waals surface area contributed by atoms with Crippen LogP contribution in [0.15, 0.2) is 47.1 Å². The Balaban J connectivity index is 2.08. The van der Waals surface area contributed by atoms with Gasteiger partial charge in [-0.1, -0.05) is 32.0 Å². The van der Waals surface area contributed by atoms with Crippen LogP contribution >= 0.6 is 0 Å². The van der Waals surface area contributed by atoms with E-state index in [1.54, 1.807) is 19.2 Å². The van der Waals surface area contributed by atoms with Gasteiger partial charge in [-0.05, 0) is 31.0 Å². The van der Waals surface area contributed by atoms with E-state index in [-0.39, 0.29) is 23.6 Å². The molecular weight excluding hydrogens is 320 g/mol. The molecule has 2 atom stereocenters. The summed E-state index contributed by atoms with van der Waals surface area (Å²) in [7, 11) is 1.59. The molecule has 0 radical (unpaired) electrons. The first-order valence-corrected chi connectivity index (χ1v) is 8.21. The van der Waals surface area contributed by atoms with Gasteiger partial charge in [0, 0.05) is 5.56 Å². The highest BCUT2D eigenvalue weighted by Crippen LogP contribution is 2.24. The highest BCUT2D eigenvalue weighted by atomic mass is 16.5. The zero-order valence-electron chi connectivity index (χ0n) is 14.9. The average molecular weight is 344 g/mol. The molecule has 2 N–H and O–H groups in total. The molecule has 2 rings (SSSR count). The molecule has 0 saturated heterocycles. The second-order valence-corrected chi connectivity index (χ2v) is 6.14. The summed E-state index contributed by atoms with van der Waals surface area (Å²) in [6, 6.07) is 9.76. The normalized spacial score (nSPS) is 13.2. The number of para-hydroxylation sites is 1. The third-order valence-electron chi connectivity index (χ3n) is 3.94. The summed E-state index contributed by atoms with van der Waals surface area (Å²) >= 11 is 0. The number of carbonyl (C=O) groups excluding carboxylic acids is 2. The van der Waals surface area contributed by atoms with E-state index >= 15 is 0 Å². The summed E-state index contributed by atoms with van der Waals surface area (Å²) in [5, 5.41) is 5.67. The monoisotopic (exact) mass is 344 g/mol. The number of carbonyl (C=O) groups is 2. The summed E-state index contributed by atoms with van der Waals surface area (Å²) in [6.07, 6.45) is 1.42. The molecule has 1 aromatic heterocycles. The number of hydrogen-bond acceptors (Lipinski definition) is 4. The van der Waals surface area contributed by atoms with Crippen LogP contribution in [0.1, 0.15) is 42.9 Å². The maximum atomic E-state index is 12.7. The zero-order chi connectivity index (χ0) is 18.4. The minimum atomic E-state index is -0.672. The van der Waals surface area contributed by atoms with E-state index in [2.05, 4.69) is 10.6 Å². The Bertz CT molecular complexity index is 710. The number of hydrogen-bond donors (Lipinski definition) is 2. The zero-order valence-corrected chi connectivity index (χ0v) is 14.9. The summed E-state index contributed by atoms with van der Waals surface area (Å²) in [4.78, 5) is 24.9. The average Bonchev–Trinajstić information content (AvgIpc) is 3.13. The Hall–Kier alpha value is -2.76. The fourth-order valence-corrected chi connectivity index (χ4v) is 2.56. The molecule has 0 spiro atoms. The number of benzene rings is 1. The van der Waals surface area contributed by atoms with E-state index in [4.69, 9.17) is 9.15 Å². The number of furan rings is 1. The predicted molar refractivity (Wildman–Crippen MR) is 94.4 cm³/mol. The Labute approximate surface area is 147 Å². The van der Waals surface area contributed by atoms with Crippen molar-refractivity contribution in [2.24, 2.45) is 5.92 Å². The molecule has 1 aromatic carbocycles. The molecule has 0 aliphatic heterocycles. The van der Waals surface area contributed by atoms with Gasteiger partial charge in [0.2, 0.25) is 5.91 Å². The molecule has 6 heteroatoms. The molecule has 134 valence electrons. The third kappa shape index (κ3) is 4.62. The van der Waals surface area contributed by atoms with Gasteiger partial charge in [-0.15, -0.1) is 0 Å². The molecule has 2 unspecified atom stereocenters. The van der Waals surface area contributed by atoms with Crippen molar-refractivity contribution < 1.29 is 18.7 Å². The van der Waals surface area contributed by atoms with Crippen molar-refractivity contribution in [3.05, 3.63) is 54.0 Å². The van der Waals surface area contributed by atoms with Crippen molar-refractivity contribution in [2.45, 2.75) is 32.9 Å². The SMILES string of the molecule is COc1ccccc1C(C)NC(=O)C(NC(=O)c1ccco1)C(C)C. The van der Waals surface area contributed by atoms with E-state index in [0.29, 0.717) is 5.75 Å². The number of ether oxygens (including phenoxy) is 1. The van der Waals surface area contributed by atoms with Gasteiger partial charge in [0.1, 0.15) is 11.8 Å². The van der Waals surface area contributed by atoms with Crippen LogP contribution in [0.3, 0.4) is 0 Å². The fraction of sp³-hybridized carbons (Fsp3) is 0.368. The first-order valence-electron chi connectivity index (χ1n) is 8.21. The first kappa shape index (κ1) is 18.6. The van der Waals surface area contributed by atoms with E-state index in [1.807, 2.05) is 45.0 Å². The molecule has 6 nitrogen and oxygen atoms in total. The van der Waals surface area contributed by atoms with Gasteiger partial charge in [0.15, 0.2) is 5.76 Å². The topological polar surface area (TPSA) is 80.6 Å². The van der Waals surface area contributed by atoms with E-state index in [1.165, 1.54) is 6.26 Å². The smallest absolute Gasteiger partial charge is 0.287 e. The van der Waals surface area contributed by atoms with Crippen LogP contribution < -0.4 is 15.4 Å². The maximum absolute atomic E-state index is 12.7. The third-order valence-corrected chi connectivity index (χ3v) is 3.94. The molecule has 0 saturated carbocycles. The lowest BCUT2D eigenvalue weighted by molar-refractivity contribution is -0.124. The molecule has 0 fully saturated rings. The molecule has 0 aliphatic rings. The second-order valence-electron chi connectivity index (χ2n) is 6.14. The Morgan fingerprint density at radius 3 is 2.36 bits per heavy atom. The summed E-state index contributed by atoms with van der Waals surface area (Å²) in [5.74, 6) is 0.133. The van der Waals surface area contributed by atoms with Gasteiger partial charge >= 0.3 is 0 Å². The highest BCUT2D eigenvalue weighted by Gasteiger charge is 2.27. The summed E-state index contributed by atoms with van der Waals surface area (Å²) in [5.41, 5.74) is 0.873. The molecule has 2 aromatic rings. The quantitative estimate of drug-likeness (QED) is 0.809. The Kier molecular flexibility index (Phi) is 6.22. The van der Waals surface area contributed by atoms with Crippen molar-refractivity contribution in [1.82, 2.24) is 10.6 Å². The van der Waals surface area contributed by atoms with Crippen LogP contribution in [-0.4, -0.2) is 25.0 Å². The Morgan fingerprint density at radius 1 is 1.04 bits per heavy atom. The van der Waals surface area contributed by atoms with Crippen LogP contribution in [0.4, 0.5) is 0 Å². The number of nitrogens with one attached hydrogen (secondary N) is 2. The fourth-order valence-electron chi connectivity index (χ4n) is 2.56. The van der Waals surface area contributed by atoms with Crippen molar-refractivity contribution in [2.75, 3.05) is 7.11 Å². The number of rotatable bonds is 7. The predicted octanol–water partition coefficient (Wildman–Crippen LogP) is 2.92. The largest absolute Gasteiger partial charge is 0.496 e. The minimum absolute atomic E-state index is 0.0798. The van der Waals surface area contributed by atoms with Crippen molar-refractivity contribution in [1.29, 1.82) is 0 Å². The van der Waals surface area contributed by atoms with Gasteiger partial charge in [-0.2, -0.15) is 0 Å². The van der Waals surface area contributed by atoms with Crippen LogP contribution in [0.5, 0.6) is 5.75 Å². The van der Waals surface area contributed by atoms with Gasteiger partial charge in [-0.25, -0.2) is 0 Å². The molecule has 0 bridgehead atoms. The second kappa shape index (κ2) is 8.37. The van der Waals surface area contributed by atoms with Gasteiger partial charge in [0.05, 0.1) is 19.4 Å². The summed E-state index contributed by atoms with van der Waals surface area (Å²) < 4.78 is 10.4. The molecule has 25 heavy (non-hydrogen) atoms. The molecular formula is C19H24N2O4. The molecule has 2 amide bonds. The van der Waals surface area contributed by atoms with Gasteiger partial charge < -0.3 is 19.8 Å². The standard InChI is InChI=1S/C19H24N2O4/c1-12(2)17(21-18(22)16-10-7-11-25-16)19(23)20-13(3)14-8-5-6-9-15(14)24-4/h5-13,17H,1-4H3,(H,20,23)(H,21,22). The summed E-state index contributed by atoms with van der Waals surface area (Å²) in [6.45, 7) is 5.63. The van der Waals surface area contributed by atoms with E-state index in [9.17, 15) is 9.59 Å². The van der Waals surface area contributed by atoms with Crippen LogP contribution in [0.25, 0.3) is 0 Å². The molecule has 0 aliphatic carbocycles. The van der Waals surface area contributed by atoms with Crippen LogP contribution in [0, 0.1) is 5.92 Å². The minimum Gasteiger partial charge on any atom is -0.496 e. The van der Waals surface area contributed by atoms with Gasteiger partial charge in [0.25, 0.3) is 5.91 Å². The van der Waals surface area contributed by atoms with Gasteiger partial charge in [-0.3, -0.25) is 9.59 Å². The number of methoxy groups -OCH3 is 1.